The molecule has 3 heterocycles. The first-order valence-electron chi connectivity index (χ1n) is 9.15. The highest BCUT2D eigenvalue weighted by atomic mass is 35.5. The van der Waals surface area contributed by atoms with Gasteiger partial charge in [-0.1, -0.05) is 18.5 Å². The molecule has 2 amide bonds. The highest BCUT2D eigenvalue weighted by Gasteiger charge is 2.24. The van der Waals surface area contributed by atoms with Crippen molar-refractivity contribution in [2.24, 2.45) is 0 Å². The summed E-state index contributed by atoms with van der Waals surface area (Å²) in [6, 6.07) is 9.04. The monoisotopic (exact) mass is 397 g/mol. The molecule has 7 nitrogen and oxygen atoms in total. The molecule has 0 aliphatic carbocycles. The number of H-pyrrole nitrogens is 1. The van der Waals surface area contributed by atoms with E-state index in [0.29, 0.717) is 42.2 Å². The average molecular weight is 398 g/mol. The van der Waals surface area contributed by atoms with E-state index >= 15 is 0 Å². The molecule has 0 fully saturated rings. The Morgan fingerprint density at radius 1 is 1.29 bits per heavy atom. The van der Waals surface area contributed by atoms with Crippen LogP contribution in [0.25, 0.3) is 5.69 Å². The number of nitrogens with zero attached hydrogens (tertiary/aromatic N) is 3. The van der Waals surface area contributed by atoms with Gasteiger partial charge in [0.25, 0.3) is 5.56 Å². The molecule has 0 unspecified atom stereocenters. The first-order valence-corrected chi connectivity index (χ1v) is 9.53. The van der Waals surface area contributed by atoms with Crippen molar-refractivity contribution in [1.29, 1.82) is 0 Å². The average Bonchev–Trinajstić information content (AvgIpc) is 3.11. The molecule has 0 saturated carbocycles. The molecule has 1 aromatic carbocycles. The molecule has 0 atom stereocenters. The SMILES string of the molecule is CCc1c(NC(=O)N2CCc3cc[nH]c(=O)c3C2)cnn1-c1ccc(Cl)cc1. The van der Waals surface area contributed by atoms with E-state index in [1.165, 1.54) is 0 Å². The molecule has 0 saturated heterocycles. The van der Waals surface area contributed by atoms with Gasteiger partial charge < -0.3 is 15.2 Å². The summed E-state index contributed by atoms with van der Waals surface area (Å²) in [5.74, 6) is 0. The summed E-state index contributed by atoms with van der Waals surface area (Å²) in [7, 11) is 0. The van der Waals surface area contributed by atoms with Crippen molar-refractivity contribution >= 4 is 23.3 Å². The van der Waals surface area contributed by atoms with E-state index < -0.39 is 0 Å². The lowest BCUT2D eigenvalue weighted by Gasteiger charge is -2.28. The smallest absolute Gasteiger partial charge is 0.322 e. The van der Waals surface area contributed by atoms with Gasteiger partial charge in [-0.2, -0.15) is 5.10 Å². The molecule has 144 valence electrons. The Labute approximate surface area is 166 Å². The van der Waals surface area contributed by atoms with Crippen molar-refractivity contribution in [1.82, 2.24) is 19.7 Å². The number of hydrogen-bond donors (Lipinski definition) is 2. The number of amides is 2. The molecule has 2 aromatic heterocycles. The van der Waals surface area contributed by atoms with Gasteiger partial charge >= 0.3 is 6.03 Å². The zero-order valence-corrected chi connectivity index (χ0v) is 16.2. The highest BCUT2D eigenvalue weighted by molar-refractivity contribution is 6.30. The van der Waals surface area contributed by atoms with Crippen molar-refractivity contribution in [3.8, 4) is 5.69 Å². The van der Waals surface area contributed by atoms with Crippen LogP contribution in [-0.4, -0.2) is 32.2 Å². The summed E-state index contributed by atoms with van der Waals surface area (Å²) in [4.78, 5) is 29.2. The number of hydrogen-bond acceptors (Lipinski definition) is 3. The Morgan fingerprint density at radius 2 is 2.07 bits per heavy atom. The van der Waals surface area contributed by atoms with E-state index in [-0.39, 0.29) is 11.6 Å². The van der Waals surface area contributed by atoms with Crippen molar-refractivity contribution in [2.45, 2.75) is 26.3 Å². The minimum absolute atomic E-state index is 0.139. The van der Waals surface area contributed by atoms with Crippen molar-refractivity contribution < 1.29 is 4.79 Å². The standard InChI is InChI=1S/C20H20ClN5O2/c1-2-18-17(11-23-26(18)15-5-3-14(21)4-6-15)24-20(28)25-10-8-13-7-9-22-19(27)16(13)12-25/h3-7,9,11H,2,8,10,12H2,1H3,(H,22,27)(H,24,28). The van der Waals surface area contributed by atoms with Gasteiger partial charge in [-0.3, -0.25) is 4.79 Å². The van der Waals surface area contributed by atoms with Gasteiger partial charge in [-0.15, -0.1) is 0 Å². The number of benzene rings is 1. The number of carbonyl (C=O) groups is 1. The van der Waals surface area contributed by atoms with Crippen LogP contribution < -0.4 is 10.9 Å². The normalized spacial score (nSPS) is 13.3. The Bertz CT molecular complexity index is 1070. The lowest BCUT2D eigenvalue weighted by molar-refractivity contribution is 0.206. The molecule has 0 radical (unpaired) electrons. The number of pyridine rings is 1. The number of nitrogens with one attached hydrogen (secondary N) is 2. The first kappa shape index (κ1) is 18.3. The van der Waals surface area contributed by atoms with Gasteiger partial charge in [0.1, 0.15) is 0 Å². The van der Waals surface area contributed by atoms with Crippen LogP contribution in [0.1, 0.15) is 23.7 Å². The fourth-order valence-electron chi connectivity index (χ4n) is 3.48. The number of aromatic nitrogens is 3. The highest BCUT2D eigenvalue weighted by Crippen LogP contribution is 2.23. The topological polar surface area (TPSA) is 83.0 Å². The van der Waals surface area contributed by atoms with Crippen molar-refractivity contribution in [3.63, 3.8) is 0 Å². The molecule has 28 heavy (non-hydrogen) atoms. The number of fused-ring (bicyclic) bond motifs is 1. The van der Waals surface area contributed by atoms with E-state index in [1.54, 1.807) is 34.1 Å². The van der Waals surface area contributed by atoms with Crippen molar-refractivity contribution in [3.05, 3.63) is 74.9 Å². The van der Waals surface area contributed by atoms with E-state index in [0.717, 1.165) is 16.9 Å². The predicted octanol–water partition coefficient (Wildman–Crippen LogP) is 3.37. The van der Waals surface area contributed by atoms with Crippen LogP contribution in [0.15, 0.2) is 47.5 Å². The maximum Gasteiger partial charge on any atom is 0.322 e. The molecule has 3 aromatic rings. The summed E-state index contributed by atoms with van der Waals surface area (Å²) < 4.78 is 1.79. The maximum absolute atomic E-state index is 12.8. The molecular weight excluding hydrogens is 378 g/mol. The van der Waals surface area contributed by atoms with E-state index in [9.17, 15) is 9.59 Å². The maximum atomic E-state index is 12.8. The van der Waals surface area contributed by atoms with Crippen LogP contribution in [0, 0.1) is 0 Å². The molecule has 0 spiro atoms. The number of carbonyl (C=O) groups excluding carboxylic acids is 1. The number of halogens is 1. The van der Waals surface area contributed by atoms with E-state index in [2.05, 4.69) is 15.4 Å². The zero-order valence-electron chi connectivity index (χ0n) is 15.4. The molecule has 2 N–H and O–H groups in total. The quantitative estimate of drug-likeness (QED) is 0.710. The Kier molecular flexibility index (Phi) is 4.92. The second-order valence-electron chi connectivity index (χ2n) is 6.66. The number of rotatable bonds is 3. The summed E-state index contributed by atoms with van der Waals surface area (Å²) in [6.45, 7) is 2.87. The van der Waals surface area contributed by atoms with E-state index in [4.69, 9.17) is 11.6 Å². The lowest BCUT2D eigenvalue weighted by atomic mass is 10.0. The lowest BCUT2D eigenvalue weighted by Crippen LogP contribution is -2.41. The van der Waals surface area contributed by atoms with Crippen LogP contribution >= 0.6 is 11.6 Å². The molecule has 4 rings (SSSR count). The summed E-state index contributed by atoms with van der Waals surface area (Å²) in [5, 5.41) is 8.02. The van der Waals surface area contributed by atoms with Gasteiger partial charge in [0, 0.05) is 23.3 Å². The summed E-state index contributed by atoms with van der Waals surface area (Å²) in [6.07, 6.45) is 4.66. The third-order valence-electron chi connectivity index (χ3n) is 4.96. The largest absolute Gasteiger partial charge is 0.329 e. The fraction of sp³-hybridized carbons (Fsp3) is 0.250. The van der Waals surface area contributed by atoms with Gasteiger partial charge in [-0.25, -0.2) is 9.48 Å². The molecule has 8 heteroatoms. The minimum Gasteiger partial charge on any atom is -0.329 e. The molecule has 0 bridgehead atoms. The van der Waals surface area contributed by atoms with Crippen LogP contribution in [0.5, 0.6) is 0 Å². The zero-order chi connectivity index (χ0) is 19.7. The predicted molar refractivity (Wildman–Crippen MR) is 108 cm³/mol. The van der Waals surface area contributed by atoms with Crippen LogP contribution in [0.4, 0.5) is 10.5 Å². The molecule has 1 aliphatic rings. The van der Waals surface area contributed by atoms with Gasteiger partial charge in [0.2, 0.25) is 0 Å². The van der Waals surface area contributed by atoms with Crippen molar-refractivity contribution in [2.75, 3.05) is 11.9 Å². The number of urea groups is 1. The molecular formula is C20H20ClN5O2. The van der Waals surface area contributed by atoms with Gasteiger partial charge in [0.05, 0.1) is 29.8 Å². The van der Waals surface area contributed by atoms with Crippen LogP contribution in [-0.2, 0) is 19.4 Å². The van der Waals surface area contributed by atoms with E-state index in [1.807, 2.05) is 25.1 Å². The van der Waals surface area contributed by atoms with Crippen LogP contribution in [0.2, 0.25) is 5.02 Å². The fourth-order valence-corrected chi connectivity index (χ4v) is 3.60. The summed E-state index contributed by atoms with van der Waals surface area (Å²) >= 11 is 5.96. The third kappa shape index (κ3) is 3.41. The molecule has 1 aliphatic heterocycles. The number of aromatic amines is 1. The minimum atomic E-state index is -0.237. The number of anilines is 1. The third-order valence-corrected chi connectivity index (χ3v) is 5.22. The summed E-state index contributed by atoms with van der Waals surface area (Å²) in [5.41, 5.74) is 3.94. The second-order valence-corrected chi connectivity index (χ2v) is 7.10. The Balaban J connectivity index is 1.55. The Hall–Kier alpha value is -3.06. The second kappa shape index (κ2) is 7.52. The van der Waals surface area contributed by atoms with Crippen LogP contribution in [0.3, 0.4) is 0 Å². The first-order chi connectivity index (χ1) is 13.6. The Morgan fingerprint density at radius 3 is 2.82 bits per heavy atom. The van der Waals surface area contributed by atoms with Gasteiger partial charge in [-0.05, 0) is 48.7 Å². The van der Waals surface area contributed by atoms with Gasteiger partial charge in [0.15, 0.2) is 0 Å².